The predicted octanol–water partition coefficient (Wildman–Crippen LogP) is 3.87. The van der Waals surface area contributed by atoms with Gasteiger partial charge >= 0.3 is 0 Å². The van der Waals surface area contributed by atoms with Crippen molar-refractivity contribution in [3.05, 3.63) is 71.8 Å². The Hall–Kier alpha value is -2.40. The minimum Gasteiger partial charge on any atom is -0.299 e. The number of benzene rings is 2. The predicted molar refractivity (Wildman–Crippen MR) is 81.6 cm³/mol. The van der Waals surface area contributed by atoms with Crippen LogP contribution in [0.15, 0.2) is 60.7 Å². The van der Waals surface area contributed by atoms with Crippen LogP contribution in [-0.2, 0) is 10.2 Å². The maximum absolute atomic E-state index is 12.4. The monoisotopic (exact) mass is 275 g/mol. The van der Waals surface area contributed by atoms with Crippen molar-refractivity contribution in [2.75, 3.05) is 0 Å². The van der Waals surface area contributed by atoms with Gasteiger partial charge in [-0.25, -0.2) is 0 Å². The number of carbonyl (C=O) groups excluding carboxylic acids is 1. The molecular weight excluding hydrogens is 258 g/mol. The highest BCUT2D eigenvalue weighted by Gasteiger charge is 2.47. The quantitative estimate of drug-likeness (QED) is 0.853. The maximum atomic E-state index is 12.4. The first kappa shape index (κ1) is 13.6. The van der Waals surface area contributed by atoms with Gasteiger partial charge in [0.05, 0.1) is 6.07 Å². The second-order valence-electron chi connectivity index (χ2n) is 5.56. The van der Waals surface area contributed by atoms with Crippen molar-refractivity contribution in [3.63, 3.8) is 0 Å². The summed E-state index contributed by atoms with van der Waals surface area (Å²) < 4.78 is 0. The van der Waals surface area contributed by atoms with Crippen molar-refractivity contribution in [3.8, 4) is 6.07 Å². The normalized spacial score (nSPS) is 18.4. The van der Waals surface area contributed by atoms with E-state index in [9.17, 15) is 10.1 Å². The number of hydrogen-bond donors (Lipinski definition) is 0. The Balaban J connectivity index is 2.24. The van der Waals surface area contributed by atoms with Crippen LogP contribution in [0.4, 0.5) is 0 Å². The van der Waals surface area contributed by atoms with E-state index in [-0.39, 0.29) is 11.7 Å². The molecule has 3 rings (SSSR count). The van der Waals surface area contributed by atoms with Crippen molar-refractivity contribution in [2.24, 2.45) is 5.92 Å². The molecule has 1 aliphatic rings. The van der Waals surface area contributed by atoms with Crippen LogP contribution in [0.2, 0.25) is 0 Å². The van der Waals surface area contributed by atoms with Gasteiger partial charge < -0.3 is 0 Å². The molecule has 1 unspecified atom stereocenters. The fraction of sp³-hybridized carbons (Fsp3) is 0.263. The zero-order chi connectivity index (χ0) is 14.7. The Kier molecular flexibility index (Phi) is 3.58. The molecule has 21 heavy (non-hydrogen) atoms. The van der Waals surface area contributed by atoms with E-state index in [1.54, 1.807) is 0 Å². The Morgan fingerprint density at radius 3 is 1.86 bits per heavy atom. The van der Waals surface area contributed by atoms with Crippen molar-refractivity contribution >= 4 is 5.78 Å². The first-order valence-corrected chi connectivity index (χ1v) is 7.34. The smallest absolute Gasteiger partial charge is 0.138 e. The highest BCUT2D eigenvalue weighted by Crippen LogP contribution is 2.44. The number of carbonyl (C=O) groups is 1. The third kappa shape index (κ3) is 2.15. The highest BCUT2D eigenvalue weighted by molar-refractivity contribution is 5.86. The van der Waals surface area contributed by atoms with E-state index in [2.05, 4.69) is 6.07 Å². The van der Waals surface area contributed by atoms with Crippen molar-refractivity contribution < 1.29 is 4.79 Å². The summed E-state index contributed by atoms with van der Waals surface area (Å²) in [6, 6.07) is 22.0. The lowest BCUT2D eigenvalue weighted by Crippen LogP contribution is -2.37. The molecule has 0 spiro atoms. The summed E-state index contributed by atoms with van der Waals surface area (Å²) in [7, 11) is 0. The molecule has 2 heteroatoms. The van der Waals surface area contributed by atoms with Gasteiger partial charge in [-0.3, -0.25) is 4.79 Å². The van der Waals surface area contributed by atoms with Crippen LogP contribution in [-0.4, -0.2) is 5.78 Å². The van der Waals surface area contributed by atoms with Crippen molar-refractivity contribution in [2.45, 2.75) is 24.7 Å². The van der Waals surface area contributed by atoms with E-state index >= 15 is 0 Å². The maximum Gasteiger partial charge on any atom is 0.138 e. The first-order chi connectivity index (χ1) is 10.3. The summed E-state index contributed by atoms with van der Waals surface area (Å²) in [6.45, 7) is 0. The van der Waals surface area contributed by atoms with Gasteiger partial charge in [0.2, 0.25) is 0 Å². The molecule has 2 nitrogen and oxygen atoms in total. The minimum absolute atomic E-state index is 0.212. The molecule has 1 aliphatic carbocycles. The van der Waals surface area contributed by atoms with Gasteiger partial charge in [-0.15, -0.1) is 0 Å². The lowest BCUT2D eigenvalue weighted by Gasteiger charge is -2.33. The number of nitrogens with zero attached hydrogens (tertiary/aromatic N) is 1. The van der Waals surface area contributed by atoms with Gasteiger partial charge in [0, 0.05) is 12.3 Å². The lowest BCUT2D eigenvalue weighted by atomic mass is 9.66. The zero-order valence-corrected chi connectivity index (χ0v) is 11.8. The minimum atomic E-state index is -0.865. The summed E-state index contributed by atoms with van der Waals surface area (Å²) in [5, 5.41) is 10.1. The lowest BCUT2D eigenvalue weighted by molar-refractivity contribution is -0.121. The molecule has 1 saturated carbocycles. The zero-order valence-electron chi connectivity index (χ0n) is 11.8. The SMILES string of the molecule is N#CC(c1ccccc1)(c1ccccc1)C1CCCC1=O. The van der Waals surface area contributed by atoms with E-state index < -0.39 is 5.41 Å². The van der Waals surface area contributed by atoms with Crippen LogP contribution in [0.25, 0.3) is 0 Å². The topological polar surface area (TPSA) is 40.9 Å². The third-order valence-electron chi connectivity index (χ3n) is 4.46. The molecule has 1 fully saturated rings. The number of Topliss-reactive ketones (excluding diaryl/α,β-unsaturated/α-hetero) is 1. The molecule has 2 aromatic carbocycles. The van der Waals surface area contributed by atoms with E-state index in [1.165, 1.54) is 0 Å². The van der Waals surface area contributed by atoms with Crippen LogP contribution in [0, 0.1) is 17.2 Å². The Morgan fingerprint density at radius 1 is 0.952 bits per heavy atom. The van der Waals surface area contributed by atoms with Crippen LogP contribution in [0.1, 0.15) is 30.4 Å². The average molecular weight is 275 g/mol. The second kappa shape index (κ2) is 5.54. The summed E-state index contributed by atoms with van der Waals surface area (Å²) in [4.78, 5) is 12.4. The molecule has 1 atom stereocenters. The van der Waals surface area contributed by atoms with Crippen molar-refractivity contribution in [1.29, 1.82) is 5.26 Å². The summed E-state index contributed by atoms with van der Waals surface area (Å²) >= 11 is 0. The molecule has 104 valence electrons. The van der Waals surface area contributed by atoms with E-state index in [1.807, 2.05) is 60.7 Å². The fourth-order valence-corrected chi connectivity index (χ4v) is 3.45. The number of rotatable bonds is 3. The van der Waals surface area contributed by atoms with Gasteiger partial charge in [-0.05, 0) is 24.0 Å². The number of hydrogen-bond acceptors (Lipinski definition) is 2. The van der Waals surface area contributed by atoms with Crippen LogP contribution in [0.3, 0.4) is 0 Å². The van der Waals surface area contributed by atoms with Gasteiger partial charge in [0.25, 0.3) is 0 Å². The Bertz CT molecular complexity index is 630. The van der Waals surface area contributed by atoms with Crippen LogP contribution < -0.4 is 0 Å². The highest BCUT2D eigenvalue weighted by atomic mass is 16.1. The molecule has 0 aliphatic heterocycles. The molecular formula is C19H17NO. The van der Waals surface area contributed by atoms with Gasteiger partial charge in [-0.1, -0.05) is 60.7 Å². The van der Waals surface area contributed by atoms with Crippen LogP contribution in [0.5, 0.6) is 0 Å². The van der Waals surface area contributed by atoms with Crippen LogP contribution >= 0.6 is 0 Å². The van der Waals surface area contributed by atoms with Crippen molar-refractivity contribution in [1.82, 2.24) is 0 Å². The molecule has 0 aromatic heterocycles. The number of nitriles is 1. The molecule has 2 aromatic rings. The van der Waals surface area contributed by atoms with E-state index in [0.29, 0.717) is 6.42 Å². The average Bonchev–Trinajstić information content (AvgIpc) is 2.98. The van der Waals surface area contributed by atoms with Gasteiger partial charge in [0.1, 0.15) is 11.2 Å². The molecule has 0 bridgehead atoms. The molecule has 0 saturated heterocycles. The standard InChI is InChI=1S/C19H17NO/c20-14-19(15-8-3-1-4-9-15,16-10-5-2-6-11-16)17-12-7-13-18(17)21/h1-6,8-11,17H,7,12-13H2. The first-order valence-electron chi connectivity index (χ1n) is 7.34. The number of ketones is 1. The van der Waals surface area contributed by atoms with E-state index in [4.69, 9.17) is 0 Å². The largest absolute Gasteiger partial charge is 0.299 e. The molecule has 0 amide bonds. The third-order valence-corrected chi connectivity index (χ3v) is 4.46. The molecule has 0 radical (unpaired) electrons. The van der Waals surface area contributed by atoms with Gasteiger partial charge in [0.15, 0.2) is 0 Å². The summed E-state index contributed by atoms with van der Waals surface area (Å²) in [5.74, 6) is -0.0310. The Labute approximate surface area is 125 Å². The molecule has 0 heterocycles. The van der Waals surface area contributed by atoms with Gasteiger partial charge in [-0.2, -0.15) is 5.26 Å². The summed E-state index contributed by atoms with van der Waals surface area (Å²) in [6.07, 6.45) is 2.26. The second-order valence-corrected chi connectivity index (χ2v) is 5.56. The van der Waals surface area contributed by atoms with E-state index in [0.717, 1.165) is 24.0 Å². The Morgan fingerprint density at radius 2 is 1.48 bits per heavy atom. The summed E-state index contributed by atoms with van der Waals surface area (Å²) in [5.41, 5.74) is 0.966. The molecule has 0 N–H and O–H groups in total. The fourth-order valence-electron chi connectivity index (χ4n) is 3.45.